The van der Waals surface area contributed by atoms with E-state index in [1.54, 1.807) is 7.11 Å². The fraction of sp³-hybridized carbons (Fsp3) is 0.632. The molecule has 3 heteroatoms. The summed E-state index contributed by atoms with van der Waals surface area (Å²) in [4.78, 5) is 15.1. The summed E-state index contributed by atoms with van der Waals surface area (Å²) in [5.41, 5.74) is 1.96. The van der Waals surface area contributed by atoms with Crippen LogP contribution in [0.5, 0.6) is 5.75 Å². The molecule has 2 rings (SSSR count). The molecule has 0 unspecified atom stereocenters. The van der Waals surface area contributed by atoms with Crippen LogP contribution in [0.4, 0.5) is 0 Å². The summed E-state index contributed by atoms with van der Waals surface area (Å²) in [6.45, 7) is 7.43. The average molecular weight is 303 g/mol. The standard InChI is InChI=1S/C19H29NO2/c1-15(2)18-14-16(22-3)8-9-17(18)19(21)10-13-20-11-6-4-5-7-12-20/h8-9,14-15H,4-7,10-13H2,1-3H3. The van der Waals surface area contributed by atoms with Gasteiger partial charge >= 0.3 is 0 Å². The monoisotopic (exact) mass is 303 g/mol. The Balaban J connectivity index is 2.02. The maximum absolute atomic E-state index is 12.6. The van der Waals surface area contributed by atoms with Gasteiger partial charge in [0.05, 0.1) is 7.11 Å². The lowest BCUT2D eigenvalue weighted by atomic mass is 9.93. The molecular weight excluding hydrogens is 274 g/mol. The van der Waals surface area contributed by atoms with Gasteiger partial charge in [-0.15, -0.1) is 0 Å². The molecule has 22 heavy (non-hydrogen) atoms. The first-order chi connectivity index (χ1) is 10.6. The Morgan fingerprint density at radius 2 is 1.86 bits per heavy atom. The van der Waals surface area contributed by atoms with Crippen LogP contribution >= 0.6 is 0 Å². The Morgan fingerprint density at radius 3 is 2.45 bits per heavy atom. The number of methoxy groups -OCH3 is 1. The summed E-state index contributed by atoms with van der Waals surface area (Å²) in [6, 6.07) is 5.83. The van der Waals surface area contributed by atoms with Gasteiger partial charge in [-0.3, -0.25) is 4.79 Å². The number of likely N-dealkylation sites (tertiary alicyclic amines) is 1. The molecule has 1 saturated heterocycles. The Morgan fingerprint density at radius 1 is 1.18 bits per heavy atom. The van der Waals surface area contributed by atoms with Crippen LogP contribution in [-0.4, -0.2) is 37.4 Å². The molecule has 1 aromatic rings. The molecule has 3 nitrogen and oxygen atoms in total. The highest BCUT2D eigenvalue weighted by atomic mass is 16.5. The maximum Gasteiger partial charge on any atom is 0.164 e. The van der Waals surface area contributed by atoms with Crippen molar-refractivity contribution >= 4 is 5.78 Å². The van der Waals surface area contributed by atoms with Gasteiger partial charge in [0.1, 0.15) is 5.75 Å². The van der Waals surface area contributed by atoms with E-state index in [2.05, 4.69) is 18.7 Å². The Kier molecular flexibility index (Phi) is 6.44. The second-order valence-electron chi connectivity index (χ2n) is 6.54. The van der Waals surface area contributed by atoms with Gasteiger partial charge in [0.25, 0.3) is 0 Å². The van der Waals surface area contributed by atoms with Crippen molar-refractivity contribution in [2.45, 2.75) is 51.9 Å². The predicted octanol–water partition coefficient (Wildman–Crippen LogP) is 4.27. The largest absolute Gasteiger partial charge is 0.497 e. The maximum atomic E-state index is 12.6. The number of nitrogens with zero attached hydrogens (tertiary/aromatic N) is 1. The molecule has 0 atom stereocenters. The first-order valence-electron chi connectivity index (χ1n) is 8.55. The number of Topliss-reactive ketones (excluding diaryl/α,β-unsaturated/α-hetero) is 1. The van der Waals surface area contributed by atoms with Crippen LogP contribution in [0.2, 0.25) is 0 Å². The topological polar surface area (TPSA) is 29.5 Å². The third-order valence-electron chi connectivity index (χ3n) is 4.53. The van der Waals surface area contributed by atoms with Crippen LogP contribution in [0, 0.1) is 0 Å². The van der Waals surface area contributed by atoms with Gasteiger partial charge < -0.3 is 9.64 Å². The molecule has 1 fully saturated rings. The van der Waals surface area contributed by atoms with E-state index in [1.165, 1.54) is 25.7 Å². The van der Waals surface area contributed by atoms with Gasteiger partial charge in [0, 0.05) is 18.5 Å². The zero-order chi connectivity index (χ0) is 15.9. The van der Waals surface area contributed by atoms with Gasteiger partial charge in [0.15, 0.2) is 5.78 Å². The Bertz CT molecular complexity index is 488. The Hall–Kier alpha value is -1.35. The fourth-order valence-corrected chi connectivity index (χ4v) is 3.15. The number of rotatable bonds is 6. The van der Waals surface area contributed by atoms with Crippen LogP contribution in [0.25, 0.3) is 0 Å². The van der Waals surface area contributed by atoms with E-state index in [0.717, 1.165) is 36.5 Å². The van der Waals surface area contributed by atoms with Gasteiger partial charge in [-0.25, -0.2) is 0 Å². The molecule has 0 spiro atoms. The first-order valence-corrected chi connectivity index (χ1v) is 8.55. The summed E-state index contributed by atoms with van der Waals surface area (Å²) in [5, 5.41) is 0. The lowest BCUT2D eigenvalue weighted by molar-refractivity contribution is 0.0963. The molecular formula is C19H29NO2. The summed E-state index contributed by atoms with van der Waals surface area (Å²) in [7, 11) is 1.67. The summed E-state index contributed by atoms with van der Waals surface area (Å²) >= 11 is 0. The highest BCUT2D eigenvalue weighted by molar-refractivity contribution is 5.98. The molecule has 0 N–H and O–H groups in total. The van der Waals surface area contributed by atoms with E-state index in [9.17, 15) is 4.79 Å². The minimum absolute atomic E-state index is 0.260. The quantitative estimate of drug-likeness (QED) is 0.735. The predicted molar refractivity (Wildman–Crippen MR) is 90.9 cm³/mol. The van der Waals surface area contributed by atoms with Crippen molar-refractivity contribution in [3.05, 3.63) is 29.3 Å². The van der Waals surface area contributed by atoms with Crippen LogP contribution < -0.4 is 4.74 Å². The number of carbonyl (C=O) groups is 1. The highest BCUT2D eigenvalue weighted by Gasteiger charge is 2.16. The molecule has 1 aliphatic rings. The van der Waals surface area contributed by atoms with Crippen molar-refractivity contribution in [1.82, 2.24) is 4.90 Å². The first kappa shape index (κ1) is 17.0. The molecule has 0 amide bonds. The van der Waals surface area contributed by atoms with Crippen LogP contribution in [0.1, 0.15) is 67.8 Å². The van der Waals surface area contributed by atoms with Crippen LogP contribution in [-0.2, 0) is 0 Å². The number of ketones is 1. The normalized spacial score (nSPS) is 16.5. The minimum atomic E-state index is 0.260. The number of ether oxygens (including phenoxy) is 1. The third-order valence-corrected chi connectivity index (χ3v) is 4.53. The van der Waals surface area contributed by atoms with E-state index in [4.69, 9.17) is 4.74 Å². The molecule has 1 aliphatic heterocycles. The second kappa shape index (κ2) is 8.33. The molecule has 1 heterocycles. The van der Waals surface area contributed by atoms with Crippen LogP contribution in [0.3, 0.4) is 0 Å². The SMILES string of the molecule is COc1ccc(C(=O)CCN2CCCCCC2)c(C(C)C)c1. The molecule has 0 bridgehead atoms. The fourth-order valence-electron chi connectivity index (χ4n) is 3.15. The zero-order valence-electron chi connectivity index (χ0n) is 14.2. The summed E-state index contributed by atoms with van der Waals surface area (Å²) in [6.07, 6.45) is 5.83. The zero-order valence-corrected chi connectivity index (χ0v) is 14.2. The lowest BCUT2D eigenvalue weighted by Gasteiger charge is -2.20. The summed E-state index contributed by atoms with van der Waals surface area (Å²) in [5.74, 6) is 1.41. The van der Waals surface area contributed by atoms with Crippen molar-refractivity contribution in [1.29, 1.82) is 0 Å². The van der Waals surface area contributed by atoms with E-state index < -0.39 is 0 Å². The smallest absolute Gasteiger partial charge is 0.164 e. The third kappa shape index (κ3) is 4.57. The molecule has 0 radical (unpaired) electrons. The Labute approximate surface area is 134 Å². The molecule has 0 aromatic heterocycles. The van der Waals surface area contributed by atoms with Crippen molar-refractivity contribution in [3.63, 3.8) is 0 Å². The number of carbonyl (C=O) groups excluding carboxylic acids is 1. The molecule has 0 aliphatic carbocycles. The van der Waals surface area contributed by atoms with E-state index in [1.807, 2.05) is 18.2 Å². The van der Waals surface area contributed by atoms with Gasteiger partial charge in [-0.2, -0.15) is 0 Å². The average Bonchev–Trinajstić information content (AvgIpc) is 2.80. The lowest BCUT2D eigenvalue weighted by Crippen LogP contribution is -2.27. The van der Waals surface area contributed by atoms with Crippen molar-refractivity contribution in [2.75, 3.05) is 26.7 Å². The number of benzene rings is 1. The minimum Gasteiger partial charge on any atom is -0.497 e. The van der Waals surface area contributed by atoms with E-state index in [0.29, 0.717) is 12.3 Å². The molecule has 122 valence electrons. The van der Waals surface area contributed by atoms with Gasteiger partial charge in [-0.05, 0) is 55.6 Å². The number of hydrogen-bond donors (Lipinski definition) is 0. The number of hydrogen-bond acceptors (Lipinski definition) is 3. The van der Waals surface area contributed by atoms with Crippen molar-refractivity contribution in [3.8, 4) is 5.75 Å². The van der Waals surface area contributed by atoms with Gasteiger partial charge in [-0.1, -0.05) is 26.7 Å². The van der Waals surface area contributed by atoms with Crippen molar-refractivity contribution < 1.29 is 9.53 Å². The second-order valence-corrected chi connectivity index (χ2v) is 6.54. The van der Waals surface area contributed by atoms with E-state index >= 15 is 0 Å². The molecule has 1 aromatic carbocycles. The van der Waals surface area contributed by atoms with E-state index in [-0.39, 0.29) is 5.78 Å². The summed E-state index contributed by atoms with van der Waals surface area (Å²) < 4.78 is 5.29. The highest BCUT2D eigenvalue weighted by Crippen LogP contribution is 2.26. The van der Waals surface area contributed by atoms with Gasteiger partial charge in [0.2, 0.25) is 0 Å². The van der Waals surface area contributed by atoms with Crippen LogP contribution in [0.15, 0.2) is 18.2 Å². The molecule has 0 saturated carbocycles. The van der Waals surface area contributed by atoms with Crippen molar-refractivity contribution in [2.24, 2.45) is 0 Å².